The molecule has 11 aromatic carbocycles. The van der Waals surface area contributed by atoms with Crippen LogP contribution in [0.2, 0.25) is 0 Å². The van der Waals surface area contributed by atoms with Gasteiger partial charge in [0, 0.05) is 89.4 Å². The van der Waals surface area contributed by atoms with E-state index >= 15 is 0 Å². The maximum Gasteiger partial charge on any atom is 0.220 e. The van der Waals surface area contributed by atoms with Crippen LogP contribution < -0.4 is 0 Å². The lowest BCUT2D eigenvalue weighted by atomic mass is 9.88. The van der Waals surface area contributed by atoms with Crippen molar-refractivity contribution in [1.29, 1.82) is 5.26 Å². The quantitative estimate of drug-likeness (QED) is 0.158. The molecule has 0 saturated heterocycles. The predicted octanol–water partition coefficient (Wildman–Crippen LogP) is 20.4. The van der Waals surface area contributed by atoms with Gasteiger partial charge < -0.3 is 9.13 Å². The summed E-state index contributed by atoms with van der Waals surface area (Å²) in [6.45, 7) is 9.66. The molecule has 0 bridgehead atoms. The Morgan fingerprint density at radius 1 is 0.360 bits per heavy atom. The van der Waals surface area contributed by atoms with E-state index in [9.17, 15) is 11.8 Å². The molecule has 0 aliphatic rings. The fourth-order valence-corrected chi connectivity index (χ4v) is 15.9. The lowest BCUT2D eigenvalue weighted by Crippen LogP contribution is -2.09. The number of hydrogen-bond acceptors (Lipinski definition) is 4. The standard InChI is InChI=1S/C68H36N4S3/c1-70-60-57(40-20-7-3-8-21-40)52(38-69)63(71-61-42(39-18-5-2-6-19-39)27-17-28-45(61)46-36-37-56-59(62(46)71)51-26-13-16-31-55(51)73-56)58(41-22-9-4-10-23-41)66(60)72-64-47(32-34-49-43-24-11-14-29-53(43)74-67(49)64)48-33-35-50-44-25-12-15-30-54(44)75-68(50)65(48)72/h2-37H. The molecule has 0 spiro atoms. The molecule has 0 unspecified atom stereocenters. The Labute approximate surface area is 441 Å². The molecule has 5 aromatic heterocycles. The van der Waals surface area contributed by atoms with Crippen molar-refractivity contribution in [3.05, 3.63) is 235 Å². The number of rotatable bonds is 5. The maximum absolute atomic E-state index is 12.4. The second kappa shape index (κ2) is 16.1. The van der Waals surface area contributed by atoms with Crippen molar-refractivity contribution >= 4 is 144 Å². The highest BCUT2D eigenvalue weighted by molar-refractivity contribution is 7.27. The SMILES string of the molecule is [C-]#[N+]c1c(-c2ccccc2)c(C#N)c(-n2c3c(-c4ccccc4)cccc3c3ccc4sc5ccccc5c4c32)c(-c2ccccc2)c1-n1c2c(ccc3c4ccccc4sc32)c2ccc3c4ccccc4sc3c21. The smallest absolute Gasteiger partial charge is 0.220 e. The third kappa shape index (κ3) is 5.83. The van der Waals surface area contributed by atoms with Crippen LogP contribution in [0, 0.1) is 17.9 Å². The maximum atomic E-state index is 12.4. The minimum Gasteiger partial charge on any atom is -0.316 e. The van der Waals surface area contributed by atoms with Gasteiger partial charge in [0.15, 0.2) is 0 Å². The lowest BCUT2D eigenvalue weighted by molar-refractivity contribution is 1.14. The monoisotopic (exact) mass is 1000 g/mol. The molecule has 0 radical (unpaired) electrons. The van der Waals surface area contributed by atoms with Crippen molar-refractivity contribution in [2.24, 2.45) is 0 Å². The van der Waals surface area contributed by atoms with E-state index in [0.29, 0.717) is 16.8 Å². The van der Waals surface area contributed by atoms with E-state index in [4.69, 9.17) is 4.85 Å². The number of hydrogen-bond donors (Lipinski definition) is 0. The zero-order valence-electron chi connectivity index (χ0n) is 39.8. The summed E-state index contributed by atoms with van der Waals surface area (Å²) in [6, 6.07) is 80.7. The second-order valence-corrected chi connectivity index (χ2v) is 22.4. The largest absolute Gasteiger partial charge is 0.316 e. The van der Waals surface area contributed by atoms with Gasteiger partial charge in [-0.05, 0) is 41.0 Å². The van der Waals surface area contributed by atoms with Gasteiger partial charge in [-0.15, -0.1) is 34.0 Å². The highest BCUT2D eigenvalue weighted by atomic mass is 32.1. The van der Waals surface area contributed by atoms with Crippen molar-refractivity contribution in [3.63, 3.8) is 0 Å². The van der Waals surface area contributed by atoms with Crippen molar-refractivity contribution in [2.45, 2.75) is 0 Å². The summed E-state index contributed by atoms with van der Waals surface area (Å²) < 4.78 is 12.0. The molecule has 75 heavy (non-hydrogen) atoms. The van der Waals surface area contributed by atoms with Crippen molar-refractivity contribution < 1.29 is 0 Å². The zero-order valence-corrected chi connectivity index (χ0v) is 42.2. The molecule has 0 aliphatic carbocycles. The van der Waals surface area contributed by atoms with Gasteiger partial charge in [-0.25, -0.2) is 4.85 Å². The summed E-state index contributed by atoms with van der Waals surface area (Å²) in [7, 11) is 0. The number of aromatic nitrogens is 2. The van der Waals surface area contributed by atoms with Gasteiger partial charge in [-0.2, -0.15) is 5.26 Å². The molecule has 0 fully saturated rings. The number of nitrogens with zero attached hydrogens (tertiary/aromatic N) is 4. The Morgan fingerprint density at radius 3 is 1.40 bits per heavy atom. The van der Waals surface area contributed by atoms with Crippen LogP contribution in [-0.4, -0.2) is 9.13 Å². The third-order valence-corrected chi connectivity index (χ3v) is 18.9. The molecule has 0 amide bonds. The number of fused-ring (bicyclic) bond motifs is 18. The average molecular weight is 1010 g/mol. The molecular formula is C68H36N4S3. The number of para-hydroxylation sites is 1. The van der Waals surface area contributed by atoms with Crippen LogP contribution in [0.4, 0.5) is 5.69 Å². The summed E-state index contributed by atoms with van der Waals surface area (Å²) in [5.74, 6) is 0. The van der Waals surface area contributed by atoms with E-state index in [1.165, 1.54) is 35.6 Å². The van der Waals surface area contributed by atoms with Crippen LogP contribution in [0.15, 0.2) is 218 Å². The Morgan fingerprint density at radius 2 is 0.813 bits per heavy atom. The van der Waals surface area contributed by atoms with Crippen LogP contribution >= 0.6 is 34.0 Å². The first-order valence-corrected chi connectivity index (χ1v) is 27.4. The molecule has 16 rings (SSSR count). The number of thiophene rings is 3. The third-order valence-electron chi connectivity index (χ3n) is 15.4. The summed E-state index contributed by atoms with van der Waals surface area (Å²) in [6.07, 6.45) is 0. The molecule has 16 aromatic rings. The molecule has 346 valence electrons. The zero-order chi connectivity index (χ0) is 49.5. The highest BCUT2D eigenvalue weighted by Gasteiger charge is 2.34. The Bertz CT molecular complexity index is 5070. The van der Waals surface area contributed by atoms with Gasteiger partial charge in [0.05, 0.1) is 55.0 Å². The van der Waals surface area contributed by atoms with Gasteiger partial charge in [-0.1, -0.05) is 194 Å². The Hall–Kier alpha value is -9.34. The van der Waals surface area contributed by atoms with Crippen LogP contribution in [-0.2, 0) is 0 Å². The summed E-state index contributed by atoms with van der Waals surface area (Å²) in [5, 5.41) is 23.8. The molecule has 0 saturated carbocycles. The number of nitriles is 1. The van der Waals surface area contributed by atoms with Crippen LogP contribution in [0.3, 0.4) is 0 Å². The minimum atomic E-state index is 0.422. The van der Waals surface area contributed by atoms with E-state index in [2.05, 4.69) is 215 Å². The molecular weight excluding hydrogens is 969 g/mol. The van der Waals surface area contributed by atoms with E-state index in [1.807, 2.05) is 18.2 Å². The minimum absolute atomic E-state index is 0.422. The Kier molecular flexibility index (Phi) is 9.05. The normalized spacial score (nSPS) is 12.0. The first-order valence-electron chi connectivity index (χ1n) is 24.9. The summed E-state index contributed by atoms with van der Waals surface area (Å²) >= 11 is 5.41. The predicted molar refractivity (Wildman–Crippen MR) is 321 cm³/mol. The van der Waals surface area contributed by atoms with E-state index < -0.39 is 0 Å². The van der Waals surface area contributed by atoms with E-state index in [-0.39, 0.29) is 0 Å². The van der Waals surface area contributed by atoms with Crippen LogP contribution in [0.1, 0.15) is 5.56 Å². The van der Waals surface area contributed by atoms with Crippen molar-refractivity contribution in [2.75, 3.05) is 0 Å². The molecule has 7 heteroatoms. The first kappa shape index (κ1) is 42.2. The molecule has 4 nitrogen and oxygen atoms in total. The van der Waals surface area contributed by atoms with E-state index in [0.717, 1.165) is 108 Å². The molecule has 5 heterocycles. The van der Waals surface area contributed by atoms with Gasteiger partial charge in [-0.3, -0.25) is 0 Å². The average Bonchev–Trinajstić information content (AvgIpc) is 4.30. The van der Waals surface area contributed by atoms with Gasteiger partial charge in [0.1, 0.15) is 6.07 Å². The van der Waals surface area contributed by atoms with Gasteiger partial charge in [0.25, 0.3) is 0 Å². The lowest BCUT2D eigenvalue weighted by Gasteiger charge is -2.26. The van der Waals surface area contributed by atoms with Crippen molar-refractivity contribution in [3.8, 4) is 50.8 Å². The van der Waals surface area contributed by atoms with Gasteiger partial charge in [0.2, 0.25) is 5.69 Å². The highest BCUT2D eigenvalue weighted by Crippen LogP contribution is 2.56. The van der Waals surface area contributed by atoms with E-state index in [1.54, 1.807) is 34.0 Å². The molecule has 0 N–H and O–H groups in total. The fourth-order valence-electron chi connectivity index (χ4n) is 12.3. The van der Waals surface area contributed by atoms with Gasteiger partial charge >= 0.3 is 0 Å². The topological polar surface area (TPSA) is 38.0 Å². The van der Waals surface area contributed by atoms with Crippen molar-refractivity contribution in [1.82, 2.24) is 9.13 Å². The summed E-state index contributed by atoms with van der Waals surface area (Å²) in [4.78, 5) is 4.73. The van der Waals surface area contributed by atoms with Crippen LogP contribution in [0.5, 0.6) is 0 Å². The second-order valence-electron chi connectivity index (χ2n) is 19.2. The fraction of sp³-hybridized carbons (Fsp3) is 0. The number of benzene rings is 11. The molecule has 0 aliphatic heterocycles. The Balaban J connectivity index is 1.24. The summed E-state index contributed by atoms with van der Waals surface area (Å²) in [5.41, 5.74) is 11.7. The van der Waals surface area contributed by atoms with Crippen LogP contribution in [0.25, 0.3) is 154 Å². The first-order chi connectivity index (χ1) is 37.2. The molecule has 0 atom stereocenters.